The maximum Gasteiger partial charge on any atom is 0.306 e. The molecule has 0 spiro atoms. The maximum atomic E-state index is 12.6. The highest BCUT2D eigenvalue weighted by Gasteiger charge is 2.21. The monoisotopic (exact) mass is 804 g/mol. The lowest BCUT2D eigenvalue weighted by Gasteiger charge is -2.28. The van der Waals surface area contributed by atoms with Gasteiger partial charge in [0, 0.05) is 12.8 Å². The average molecular weight is 804 g/mol. The lowest BCUT2D eigenvalue weighted by atomic mass is 10.1. The fraction of sp³-hybridized carbons (Fsp3) is 0.652. The smallest absolute Gasteiger partial charge is 0.306 e. The van der Waals surface area contributed by atoms with Crippen molar-refractivity contribution in [3.63, 3.8) is 0 Å². The predicted molar refractivity (Wildman–Crippen MR) is 231 cm³/mol. The number of rotatable bonds is 37. The summed E-state index contributed by atoms with van der Waals surface area (Å²) in [7, 11) is 1.10. The molecule has 0 aliphatic rings. The van der Waals surface area contributed by atoms with Gasteiger partial charge in [0.2, 0.25) is 0 Å². The number of nitrogens with zero attached hydrogens (tertiary/aromatic N) is 1. The molecule has 1 unspecified atom stereocenters. The Kier molecular flexibility index (Phi) is 35.9. The van der Waals surface area contributed by atoms with Crippen molar-refractivity contribution in [2.45, 2.75) is 148 Å². The second kappa shape index (κ2) is 37.7. The van der Waals surface area contributed by atoms with Gasteiger partial charge >= 0.3 is 11.9 Å². The van der Waals surface area contributed by atoms with Crippen LogP contribution in [-0.2, 0) is 32.7 Å². The first kappa shape index (κ1) is 53.2. The van der Waals surface area contributed by atoms with Gasteiger partial charge in [0.1, 0.15) is 19.8 Å². The van der Waals surface area contributed by atoms with Gasteiger partial charge in [-0.1, -0.05) is 137 Å². The summed E-state index contributed by atoms with van der Waals surface area (Å²) in [5, 5.41) is 0. The van der Waals surface area contributed by atoms with E-state index in [9.17, 15) is 19.0 Å². The van der Waals surface area contributed by atoms with Crippen molar-refractivity contribution in [1.29, 1.82) is 0 Å². The Morgan fingerprint density at radius 1 is 0.571 bits per heavy atom. The summed E-state index contributed by atoms with van der Waals surface area (Å²) in [4.78, 5) is 37.4. The van der Waals surface area contributed by atoms with Crippen molar-refractivity contribution in [3.8, 4) is 0 Å². The molecule has 0 fully saturated rings. The summed E-state index contributed by atoms with van der Waals surface area (Å²) in [6, 6.07) is 0. The van der Waals surface area contributed by atoms with Crippen molar-refractivity contribution >= 4 is 19.8 Å². The summed E-state index contributed by atoms with van der Waals surface area (Å²) >= 11 is 0. The molecule has 0 amide bonds. The normalized spacial score (nSPS) is 14.5. The number of allylic oxidation sites excluding steroid dienone is 14. The molecule has 0 rings (SSSR count). The number of quaternary nitrogens is 1. The molecule has 10 heteroatoms. The van der Waals surface area contributed by atoms with Crippen LogP contribution >= 0.6 is 7.82 Å². The number of carbonyl (C=O) groups excluding carboxylic acids is 2. The molecule has 9 nitrogen and oxygen atoms in total. The van der Waals surface area contributed by atoms with E-state index in [1.54, 1.807) is 0 Å². The number of hydrogen-bond acceptors (Lipinski definition) is 8. The zero-order valence-corrected chi connectivity index (χ0v) is 36.7. The van der Waals surface area contributed by atoms with Crippen molar-refractivity contribution in [1.82, 2.24) is 0 Å². The Bertz CT molecular complexity index is 1230. The number of unbranched alkanes of at least 4 members (excludes halogenated alkanes) is 9. The van der Waals surface area contributed by atoms with Crippen LogP contribution in [-0.4, -0.2) is 70.0 Å². The van der Waals surface area contributed by atoms with Crippen LogP contribution in [0.3, 0.4) is 0 Å². The number of likely N-dealkylation sites (N-methyl/N-ethyl adjacent to an activating group) is 1. The number of ether oxygens (including phenoxy) is 2. The molecule has 0 saturated carbocycles. The highest BCUT2D eigenvalue weighted by atomic mass is 31.2. The lowest BCUT2D eigenvalue weighted by molar-refractivity contribution is -0.870. The Hall–Kier alpha value is -2.81. The van der Waals surface area contributed by atoms with Gasteiger partial charge in [-0.2, -0.15) is 0 Å². The predicted octanol–water partition coefficient (Wildman–Crippen LogP) is 11.4. The SMILES string of the molecule is CC/C=C/C/C=C/C/C=C/C/C=C/C/C=C/C/C=C/CCC(=O)O[C@H](COC(=O)CCCCCCC/C=C/CCCCCC)COP(=O)([O-])OCC[N+](C)(C)C. The van der Waals surface area contributed by atoms with Crippen molar-refractivity contribution in [3.05, 3.63) is 85.1 Å². The third-order valence-corrected chi connectivity index (χ3v) is 9.38. The zero-order valence-electron chi connectivity index (χ0n) is 35.8. The van der Waals surface area contributed by atoms with Crippen LogP contribution in [0.15, 0.2) is 85.1 Å². The fourth-order valence-corrected chi connectivity index (χ4v) is 5.81. The number of carbonyl (C=O) groups is 2. The van der Waals surface area contributed by atoms with Gasteiger partial charge in [-0.05, 0) is 77.0 Å². The molecule has 0 heterocycles. The first-order valence-corrected chi connectivity index (χ1v) is 22.8. The third kappa shape index (κ3) is 40.8. The molecule has 56 heavy (non-hydrogen) atoms. The quantitative estimate of drug-likeness (QED) is 0.0201. The highest BCUT2D eigenvalue weighted by molar-refractivity contribution is 7.45. The van der Waals surface area contributed by atoms with Crippen molar-refractivity contribution < 1.29 is 42.1 Å². The van der Waals surface area contributed by atoms with Crippen LogP contribution in [0.5, 0.6) is 0 Å². The van der Waals surface area contributed by atoms with E-state index >= 15 is 0 Å². The molecule has 2 atom stereocenters. The van der Waals surface area contributed by atoms with Crippen LogP contribution in [0.2, 0.25) is 0 Å². The largest absolute Gasteiger partial charge is 0.756 e. The van der Waals surface area contributed by atoms with Gasteiger partial charge in [-0.15, -0.1) is 0 Å². The van der Waals surface area contributed by atoms with E-state index in [1.807, 2.05) is 33.3 Å². The Balaban J connectivity index is 4.55. The van der Waals surface area contributed by atoms with E-state index in [2.05, 4.69) is 86.8 Å². The molecule has 0 aromatic rings. The summed E-state index contributed by atoms with van der Waals surface area (Å²) in [6.45, 7) is 3.97. The second-order valence-electron chi connectivity index (χ2n) is 15.0. The number of phosphoric acid groups is 1. The van der Waals surface area contributed by atoms with Crippen molar-refractivity contribution in [2.24, 2.45) is 0 Å². The van der Waals surface area contributed by atoms with E-state index in [1.165, 1.54) is 32.1 Å². The number of esters is 2. The van der Waals surface area contributed by atoms with E-state index in [4.69, 9.17) is 18.5 Å². The van der Waals surface area contributed by atoms with Gasteiger partial charge in [0.25, 0.3) is 7.82 Å². The molecule has 0 aliphatic heterocycles. The fourth-order valence-electron chi connectivity index (χ4n) is 5.08. The Labute approximate surface area is 341 Å². The van der Waals surface area contributed by atoms with E-state index in [-0.39, 0.29) is 26.1 Å². The zero-order chi connectivity index (χ0) is 41.4. The summed E-state index contributed by atoms with van der Waals surface area (Å²) in [5.41, 5.74) is 0. The first-order chi connectivity index (χ1) is 27.0. The molecule has 0 N–H and O–H groups in total. The van der Waals surface area contributed by atoms with E-state index < -0.39 is 32.5 Å². The topological polar surface area (TPSA) is 111 Å². The molecular weight excluding hydrogens is 725 g/mol. The molecular formula is C46H78NO8P. The summed E-state index contributed by atoms with van der Waals surface area (Å²) < 4.78 is 33.7. The minimum absolute atomic E-state index is 0.0501. The van der Waals surface area contributed by atoms with Gasteiger partial charge < -0.3 is 27.9 Å². The Morgan fingerprint density at radius 2 is 1.05 bits per heavy atom. The number of phosphoric ester groups is 1. The minimum atomic E-state index is -4.65. The van der Waals surface area contributed by atoms with E-state index in [0.717, 1.165) is 70.6 Å². The molecule has 0 bridgehead atoms. The lowest BCUT2D eigenvalue weighted by Crippen LogP contribution is -2.37. The molecule has 0 saturated heterocycles. The molecule has 0 aliphatic carbocycles. The Morgan fingerprint density at radius 3 is 1.59 bits per heavy atom. The maximum absolute atomic E-state index is 12.6. The first-order valence-electron chi connectivity index (χ1n) is 21.3. The number of hydrogen-bond donors (Lipinski definition) is 0. The van der Waals surface area contributed by atoms with Crippen LogP contribution in [0, 0.1) is 0 Å². The minimum Gasteiger partial charge on any atom is -0.756 e. The molecule has 320 valence electrons. The molecule has 0 aromatic carbocycles. The van der Waals surface area contributed by atoms with Crippen LogP contribution < -0.4 is 4.89 Å². The van der Waals surface area contributed by atoms with Crippen LogP contribution in [0.4, 0.5) is 0 Å². The van der Waals surface area contributed by atoms with Gasteiger partial charge in [0.15, 0.2) is 6.10 Å². The summed E-state index contributed by atoms with van der Waals surface area (Å²) in [5.74, 6) is -0.952. The van der Waals surface area contributed by atoms with Crippen LogP contribution in [0.1, 0.15) is 142 Å². The standard InChI is InChI=1S/C46H78NO8P/c1-6-8-10-12-14-16-18-20-21-22-23-24-25-27-29-31-33-35-37-39-46(49)55-44(43-54-56(50,51)53-41-40-47(3,4)5)42-52-45(48)38-36-34-32-30-28-26-19-17-15-13-11-9-7-2/h8,10,14,16-17,19-21,23-24,27,29,33,35,44H,6-7,9,11-13,15,18,22,25-26,28,30-32,34,36-43H2,1-5H3/b10-8+,16-14+,19-17+,21-20+,24-23+,29-27+,35-33+/t44-/m1/s1. The summed E-state index contributed by atoms with van der Waals surface area (Å²) in [6.07, 6.45) is 47.7. The average Bonchev–Trinajstić information content (AvgIpc) is 3.15. The second-order valence-corrected chi connectivity index (χ2v) is 16.4. The van der Waals surface area contributed by atoms with Crippen LogP contribution in [0.25, 0.3) is 0 Å². The molecule has 0 aromatic heterocycles. The van der Waals surface area contributed by atoms with Gasteiger partial charge in [-0.25, -0.2) is 0 Å². The van der Waals surface area contributed by atoms with Gasteiger partial charge in [0.05, 0.1) is 27.7 Å². The third-order valence-electron chi connectivity index (χ3n) is 8.41. The van der Waals surface area contributed by atoms with Crippen molar-refractivity contribution in [2.75, 3.05) is 47.5 Å². The van der Waals surface area contributed by atoms with Gasteiger partial charge in [-0.3, -0.25) is 14.2 Å². The van der Waals surface area contributed by atoms with E-state index in [0.29, 0.717) is 23.9 Å². The highest BCUT2D eigenvalue weighted by Crippen LogP contribution is 2.38. The molecule has 0 radical (unpaired) electrons.